The summed E-state index contributed by atoms with van der Waals surface area (Å²) in [5.41, 5.74) is 4.56. The van der Waals surface area contributed by atoms with Crippen molar-refractivity contribution >= 4 is 45.2 Å². The zero-order chi connectivity index (χ0) is 17.1. The molecule has 0 nitrogen and oxygen atoms in total. The molecule has 0 aliphatic heterocycles. The van der Waals surface area contributed by atoms with E-state index >= 15 is 0 Å². The highest BCUT2D eigenvalue weighted by atomic mass is 127. The average Bonchev–Trinajstić information content (AvgIpc) is 2.55. The molecule has 0 atom stereocenters. The van der Waals surface area contributed by atoms with Crippen LogP contribution >= 0.6 is 45.2 Å². The van der Waals surface area contributed by atoms with Crippen molar-refractivity contribution in [1.29, 1.82) is 0 Å². The van der Waals surface area contributed by atoms with Gasteiger partial charge in [0.2, 0.25) is 0 Å². The van der Waals surface area contributed by atoms with E-state index in [1.165, 1.54) is 15.2 Å². The monoisotopic (exact) mass is 538 g/mol. The van der Waals surface area contributed by atoms with E-state index in [2.05, 4.69) is 81.3 Å². The molecule has 3 aromatic carbocycles. The van der Waals surface area contributed by atoms with Gasteiger partial charge < -0.3 is 0 Å². The van der Waals surface area contributed by atoms with Gasteiger partial charge in [-0.15, -0.1) is 0 Å². The fourth-order valence-corrected chi connectivity index (χ4v) is 3.59. The molecule has 0 fully saturated rings. The molecule has 0 N–H and O–H groups in total. The van der Waals surface area contributed by atoms with Gasteiger partial charge >= 0.3 is 0 Å². The van der Waals surface area contributed by atoms with Crippen LogP contribution in [0.25, 0.3) is 11.1 Å². The summed E-state index contributed by atoms with van der Waals surface area (Å²) in [4.78, 5) is 0. The Morgan fingerprint density at radius 1 is 0.792 bits per heavy atom. The first kappa shape index (κ1) is 17.4. The first-order valence-electron chi connectivity index (χ1n) is 7.36. The van der Waals surface area contributed by atoms with Crippen molar-refractivity contribution in [1.82, 2.24) is 0 Å². The quantitative estimate of drug-likeness (QED) is 0.248. The van der Waals surface area contributed by atoms with Crippen LogP contribution in [0.5, 0.6) is 0 Å². The van der Waals surface area contributed by atoms with Gasteiger partial charge in [0.25, 0.3) is 0 Å². The van der Waals surface area contributed by atoms with Crippen molar-refractivity contribution in [3.8, 4) is 23.0 Å². The highest BCUT2D eigenvalue weighted by molar-refractivity contribution is 14.1. The highest BCUT2D eigenvalue weighted by Crippen LogP contribution is 2.21. The summed E-state index contributed by atoms with van der Waals surface area (Å²) in [5.74, 6) is 5.75. The molecule has 3 rings (SSSR count). The lowest BCUT2D eigenvalue weighted by Crippen LogP contribution is -1.90. The van der Waals surface area contributed by atoms with Gasteiger partial charge in [0.15, 0.2) is 0 Å². The summed E-state index contributed by atoms with van der Waals surface area (Å²) in [6, 6.07) is 19.9. The smallest absolute Gasteiger partial charge is 0.140 e. The number of hydrogen-bond donors (Lipinski definition) is 0. The summed E-state index contributed by atoms with van der Waals surface area (Å²) in [6.45, 7) is 1.88. The molecule has 118 valence electrons. The van der Waals surface area contributed by atoms with Crippen molar-refractivity contribution in [2.45, 2.75) is 6.92 Å². The van der Waals surface area contributed by atoms with Crippen molar-refractivity contribution in [2.75, 3.05) is 0 Å². The second kappa shape index (κ2) is 7.66. The minimum atomic E-state index is -0.262. The van der Waals surface area contributed by atoms with Crippen LogP contribution in [0.4, 0.5) is 4.39 Å². The lowest BCUT2D eigenvalue weighted by molar-refractivity contribution is 0.622. The lowest BCUT2D eigenvalue weighted by atomic mass is 10.0. The predicted molar refractivity (Wildman–Crippen MR) is 114 cm³/mol. The molecule has 24 heavy (non-hydrogen) atoms. The molecule has 0 saturated carbocycles. The van der Waals surface area contributed by atoms with Crippen LogP contribution in [0.2, 0.25) is 0 Å². The van der Waals surface area contributed by atoms with Gasteiger partial charge in [-0.3, -0.25) is 0 Å². The first-order chi connectivity index (χ1) is 11.5. The van der Waals surface area contributed by atoms with Crippen LogP contribution in [-0.2, 0) is 0 Å². The Morgan fingerprint density at radius 3 is 1.96 bits per heavy atom. The third-order valence-electron chi connectivity index (χ3n) is 3.58. The zero-order valence-electron chi connectivity index (χ0n) is 12.9. The summed E-state index contributed by atoms with van der Waals surface area (Å²) in [7, 11) is 0. The summed E-state index contributed by atoms with van der Waals surface area (Å²) >= 11 is 4.42. The second-order valence-electron chi connectivity index (χ2n) is 5.44. The summed E-state index contributed by atoms with van der Waals surface area (Å²) in [6.07, 6.45) is 0. The fourth-order valence-electron chi connectivity index (χ4n) is 2.34. The maximum absolute atomic E-state index is 14.0. The standard InChI is InChI=1S/C21H13FI2/c1-14-12-20(22)19(21(24)13-14)11-4-15-2-5-16(6-3-15)17-7-9-18(23)10-8-17/h2-3,5-10,12-13H,1H3. The first-order valence-corrected chi connectivity index (χ1v) is 9.52. The highest BCUT2D eigenvalue weighted by Gasteiger charge is 2.05. The van der Waals surface area contributed by atoms with Crippen molar-refractivity contribution in [2.24, 2.45) is 0 Å². The van der Waals surface area contributed by atoms with Gasteiger partial charge in [-0.1, -0.05) is 36.1 Å². The van der Waals surface area contributed by atoms with Gasteiger partial charge in [0.05, 0.1) is 5.56 Å². The van der Waals surface area contributed by atoms with Gasteiger partial charge in [0.1, 0.15) is 5.82 Å². The number of halogens is 3. The molecule has 0 unspecified atom stereocenters. The third kappa shape index (κ3) is 4.17. The van der Waals surface area contributed by atoms with Crippen LogP contribution in [0.1, 0.15) is 16.7 Å². The van der Waals surface area contributed by atoms with Crippen LogP contribution < -0.4 is 0 Å². The molecule has 0 aliphatic rings. The average molecular weight is 538 g/mol. The van der Waals surface area contributed by atoms with Gasteiger partial charge in [-0.25, -0.2) is 4.39 Å². The van der Waals surface area contributed by atoms with Crippen LogP contribution in [0, 0.1) is 31.7 Å². The lowest BCUT2D eigenvalue weighted by Gasteiger charge is -2.02. The number of benzene rings is 3. The van der Waals surface area contributed by atoms with Gasteiger partial charge in [0, 0.05) is 12.7 Å². The van der Waals surface area contributed by atoms with Crippen molar-refractivity contribution < 1.29 is 4.39 Å². The molecular weight excluding hydrogens is 525 g/mol. The largest absolute Gasteiger partial charge is 0.206 e. The minimum Gasteiger partial charge on any atom is -0.206 e. The molecule has 0 bridgehead atoms. The molecule has 0 spiro atoms. The van der Waals surface area contributed by atoms with E-state index in [9.17, 15) is 4.39 Å². The van der Waals surface area contributed by atoms with E-state index in [0.717, 1.165) is 20.3 Å². The third-order valence-corrected chi connectivity index (χ3v) is 5.15. The molecule has 0 aromatic heterocycles. The number of hydrogen-bond acceptors (Lipinski definition) is 0. The van der Waals surface area contributed by atoms with Crippen LogP contribution in [0.15, 0.2) is 60.7 Å². The van der Waals surface area contributed by atoms with Crippen molar-refractivity contribution in [3.63, 3.8) is 0 Å². The SMILES string of the molecule is Cc1cc(F)c(C#Cc2ccc(-c3ccc(I)cc3)cc2)c(I)c1. The maximum Gasteiger partial charge on any atom is 0.140 e. The zero-order valence-corrected chi connectivity index (χ0v) is 17.2. The topological polar surface area (TPSA) is 0 Å². The maximum atomic E-state index is 14.0. The summed E-state index contributed by atoms with van der Waals surface area (Å²) < 4.78 is 16.1. The molecule has 0 heterocycles. The second-order valence-corrected chi connectivity index (χ2v) is 7.85. The van der Waals surface area contributed by atoms with Crippen molar-refractivity contribution in [3.05, 3.63) is 90.3 Å². The fraction of sp³-hybridized carbons (Fsp3) is 0.0476. The van der Waals surface area contributed by atoms with Crippen LogP contribution in [-0.4, -0.2) is 0 Å². The van der Waals surface area contributed by atoms with Gasteiger partial charge in [-0.2, -0.15) is 0 Å². The molecule has 0 radical (unpaired) electrons. The summed E-state index contributed by atoms with van der Waals surface area (Å²) in [5, 5.41) is 0. The normalized spacial score (nSPS) is 10.2. The van der Waals surface area contributed by atoms with E-state index in [-0.39, 0.29) is 5.82 Å². The Bertz CT molecular complexity index is 907. The van der Waals surface area contributed by atoms with E-state index < -0.39 is 0 Å². The Morgan fingerprint density at radius 2 is 1.38 bits per heavy atom. The van der Waals surface area contributed by atoms with E-state index in [4.69, 9.17) is 0 Å². The molecular formula is C21H13FI2. The van der Waals surface area contributed by atoms with E-state index in [1.54, 1.807) is 0 Å². The molecule has 0 saturated heterocycles. The van der Waals surface area contributed by atoms with E-state index in [0.29, 0.717) is 5.56 Å². The minimum absolute atomic E-state index is 0.262. The molecule has 0 aliphatic carbocycles. The number of aryl methyl sites for hydroxylation is 1. The Kier molecular flexibility index (Phi) is 5.57. The van der Waals surface area contributed by atoms with Gasteiger partial charge in [-0.05, 0) is 105 Å². The predicted octanol–water partition coefficient (Wildman–Crippen LogP) is 6.41. The van der Waals surface area contributed by atoms with Crippen LogP contribution in [0.3, 0.4) is 0 Å². The molecule has 3 heteroatoms. The molecule has 3 aromatic rings. The Labute approximate surface area is 168 Å². The Hall–Kier alpha value is -1.39. The van der Waals surface area contributed by atoms with E-state index in [1.807, 2.05) is 37.3 Å². The number of rotatable bonds is 1. The Balaban J connectivity index is 1.87. The molecule has 0 amide bonds.